The van der Waals surface area contributed by atoms with Gasteiger partial charge in [0.15, 0.2) is 0 Å². The van der Waals surface area contributed by atoms with Crippen molar-refractivity contribution in [2.75, 3.05) is 5.32 Å². The average molecular weight is 294 g/mol. The first kappa shape index (κ1) is 13.4. The molecule has 3 rings (SSSR count). The topological polar surface area (TPSA) is 48.7 Å². The number of fused-ring (bicyclic) bond motifs is 1. The third-order valence-corrected chi connectivity index (χ3v) is 3.61. The smallest absolute Gasteiger partial charge is 0.101 e. The maximum Gasteiger partial charge on any atom is 0.101 e. The molecule has 4 heteroatoms. The number of benzene rings is 2. The van der Waals surface area contributed by atoms with E-state index in [-0.39, 0.29) is 0 Å². The molecule has 0 fully saturated rings. The number of halogens is 1. The molecule has 1 N–H and O–H groups in total. The number of pyridine rings is 1. The SMILES string of the molecule is Cc1ccc(C#N)c(Nc2ccc(Cl)c3cccnc23)c1. The van der Waals surface area contributed by atoms with E-state index in [0.717, 1.165) is 27.8 Å². The van der Waals surface area contributed by atoms with Gasteiger partial charge in [0.1, 0.15) is 6.07 Å². The van der Waals surface area contributed by atoms with Gasteiger partial charge in [0.05, 0.1) is 27.5 Å². The van der Waals surface area contributed by atoms with Crippen molar-refractivity contribution in [3.63, 3.8) is 0 Å². The molecule has 0 atom stereocenters. The summed E-state index contributed by atoms with van der Waals surface area (Å²) in [5.74, 6) is 0. The van der Waals surface area contributed by atoms with Gasteiger partial charge in [-0.1, -0.05) is 17.7 Å². The summed E-state index contributed by atoms with van der Waals surface area (Å²) in [7, 11) is 0. The van der Waals surface area contributed by atoms with Crippen molar-refractivity contribution in [1.29, 1.82) is 5.26 Å². The summed E-state index contributed by atoms with van der Waals surface area (Å²) in [4.78, 5) is 4.39. The van der Waals surface area contributed by atoms with Crippen LogP contribution in [0.4, 0.5) is 11.4 Å². The van der Waals surface area contributed by atoms with Crippen LogP contribution in [0.1, 0.15) is 11.1 Å². The van der Waals surface area contributed by atoms with Crippen molar-refractivity contribution in [2.45, 2.75) is 6.92 Å². The highest BCUT2D eigenvalue weighted by molar-refractivity contribution is 6.35. The minimum atomic E-state index is 0.597. The number of anilines is 2. The van der Waals surface area contributed by atoms with Crippen LogP contribution in [0, 0.1) is 18.3 Å². The second kappa shape index (κ2) is 5.43. The largest absolute Gasteiger partial charge is 0.353 e. The second-order valence-electron chi connectivity index (χ2n) is 4.78. The molecule has 0 amide bonds. The molecular weight excluding hydrogens is 282 g/mol. The minimum absolute atomic E-state index is 0.597. The van der Waals surface area contributed by atoms with Crippen molar-refractivity contribution < 1.29 is 0 Å². The molecule has 102 valence electrons. The fraction of sp³-hybridized carbons (Fsp3) is 0.0588. The van der Waals surface area contributed by atoms with E-state index in [9.17, 15) is 5.26 Å². The van der Waals surface area contributed by atoms with Crippen molar-refractivity contribution in [3.8, 4) is 6.07 Å². The summed E-state index contributed by atoms with van der Waals surface area (Å²) in [6, 6.07) is 15.4. The number of nitrogens with zero attached hydrogens (tertiary/aromatic N) is 2. The number of hydrogen-bond acceptors (Lipinski definition) is 3. The normalized spacial score (nSPS) is 10.3. The van der Waals surface area contributed by atoms with Gasteiger partial charge in [-0.2, -0.15) is 5.26 Å². The van der Waals surface area contributed by atoms with E-state index in [1.807, 2.05) is 49.4 Å². The molecule has 0 spiro atoms. The monoisotopic (exact) mass is 293 g/mol. The molecule has 0 radical (unpaired) electrons. The van der Waals surface area contributed by atoms with E-state index >= 15 is 0 Å². The molecular formula is C17H12ClN3. The van der Waals surface area contributed by atoms with Gasteiger partial charge in [-0.15, -0.1) is 0 Å². The number of aryl methyl sites for hydroxylation is 1. The maximum absolute atomic E-state index is 9.22. The van der Waals surface area contributed by atoms with E-state index in [1.165, 1.54) is 0 Å². The standard InChI is InChI=1S/C17H12ClN3/c1-11-4-5-12(10-19)16(9-11)21-15-7-6-14(18)13-3-2-8-20-17(13)15/h2-9,21H,1H3. The summed E-state index contributed by atoms with van der Waals surface area (Å²) < 4.78 is 0. The van der Waals surface area contributed by atoms with Crippen LogP contribution in [0.2, 0.25) is 5.02 Å². The molecule has 2 aromatic carbocycles. The molecule has 0 bridgehead atoms. The summed E-state index contributed by atoms with van der Waals surface area (Å²) in [6.07, 6.45) is 1.73. The Labute approximate surface area is 127 Å². The lowest BCUT2D eigenvalue weighted by Crippen LogP contribution is -1.96. The molecule has 1 heterocycles. The first-order valence-electron chi connectivity index (χ1n) is 6.50. The van der Waals surface area contributed by atoms with E-state index in [0.29, 0.717) is 10.6 Å². The van der Waals surface area contributed by atoms with Crippen LogP contribution < -0.4 is 5.32 Å². The molecule has 3 nitrogen and oxygen atoms in total. The van der Waals surface area contributed by atoms with Gasteiger partial charge in [-0.25, -0.2) is 0 Å². The Bertz CT molecular complexity index is 866. The highest BCUT2D eigenvalue weighted by Gasteiger charge is 2.08. The third-order valence-electron chi connectivity index (χ3n) is 3.28. The fourth-order valence-corrected chi connectivity index (χ4v) is 2.46. The van der Waals surface area contributed by atoms with Crippen molar-refractivity contribution >= 4 is 33.9 Å². The number of nitriles is 1. The predicted molar refractivity (Wildman–Crippen MR) is 85.9 cm³/mol. The Hall–Kier alpha value is -2.57. The zero-order valence-corrected chi connectivity index (χ0v) is 12.1. The highest BCUT2D eigenvalue weighted by Crippen LogP contribution is 2.31. The highest BCUT2D eigenvalue weighted by atomic mass is 35.5. The first-order valence-corrected chi connectivity index (χ1v) is 6.88. The maximum atomic E-state index is 9.22. The Kier molecular flexibility index (Phi) is 3.47. The van der Waals surface area contributed by atoms with Gasteiger partial charge in [0, 0.05) is 11.6 Å². The van der Waals surface area contributed by atoms with Crippen LogP contribution in [0.3, 0.4) is 0 Å². The molecule has 0 aliphatic carbocycles. The van der Waals surface area contributed by atoms with Gasteiger partial charge in [0.2, 0.25) is 0 Å². The first-order chi connectivity index (χ1) is 10.2. The third kappa shape index (κ3) is 2.54. The molecule has 1 aromatic heterocycles. The summed E-state index contributed by atoms with van der Waals surface area (Å²) in [6.45, 7) is 1.99. The van der Waals surface area contributed by atoms with Gasteiger partial charge in [-0.05, 0) is 48.9 Å². The predicted octanol–water partition coefficient (Wildman–Crippen LogP) is 4.81. The number of hydrogen-bond donors (Lipinski definition) is 1. The van der Waals surface area contributed by atoms with E-state index < -0.39 is 0 Å². The van der Waals surface area contributed by atoms with Crippen LogP contribution in [-0.4, -0.2) is 4.98 Å². The van der Waals surface area contributed by atoms with Crippen LogP contribution in [0.25, 0.3) is 10.9 Å². The Morgan fingerprint density at radius 3 is 2.81 bits per heavy atom. The summed E-state index contributed by atoms with van der Waals surface area (Å²) in [5, 5.41) is 14.1. The van der Waals surface area contributed by atoms with Gasteiger partial charge in [-0.3, -0.25) is 4.98 Å². The van der Waals surface area contributed by atoms with E-state index in [4.69, 9.17) is 11.6 Å². The Balaban J connectivity index is 2.13. The Morgan fingerprint density at radius 2 is 2.00 bits per heavy atom. The van der Waals surface area contributed by atoms with E-state index in [1.54, 1.807) is 6.20 Å². The number of nitrogens with one attached hydrogen (secondary N) is 1. The van der Waals surface area contributed by atoms with Crippen molar-refractivity contribution in [1.82, 2.24) is 4.98 Å². The lowest BCUT2D eigenvalue weighted by atomic mass is 10.1. The molecule has 0 aliphatic rings. The molecule has 0 saturated heterocycles. The van der Waals surface area contributed by atoms with Crippen LogP contribution >= 0.6 is 11.6 Å². The molecule has 21 heavy (non-hydrogen) atoms. The molecule has 0 unspecified atom stereocenters. The van der Waals surface area contributed by atoms with Crippen LogP contribution in [0.15, 0.2) is 48.7 Å². The lowest BCUT2D eigenvalue weighted by molar-refractivity contribution is 1.39. The summed E-state index contributed by atoms with van der Waals surface area (Å²) in [5.41, 5.74) is 4.07. The quantitative estimate of drug-likeness (QED) is 0.737. The van der Waals surface area contributed by atoms with E-state index in [2.05, 4.69) is 16.4 Å². The molecule has 0 saturated carbocycles. The summed E-state index contributed by atoms with van der Waals surface area (Å²) >= 11 is 6.20. The molecule has 0 aliphatic heterocycles. The lowest BCUT2D eigenvalue weighted by Gasteiger charge is -2.12. The van der Waals surface area contributed by atoms with Crippen LogP contribution in [-0.2, 0) is 0 Å². The van der Waals surface area contributed by atoms with Gasteiger partial charge in [0.25, 0.3) is 0 Å². The number of rotatable bonds is 2. The Morgan fingerprint density at radius 1 is 1.14 bits per heavy atom. The zero-order chi connectivity index (χ0) is 14.8. The fourth-order valence-electron chi connectivity index (χ4n) is 2.24. The van der Waals surface area contributed by atoms with Crippen molar-refractivity contribution in [3.05, 3.63) is 64.8 Å². The molecule has 3 aromatic rings. The van der Waals surface area contributed by atoms with Gasteiger partial charge < -0.3 is 5.32 Å². The average Bonchev–Trinajstić information content (AvgIpc) is 2.51. The second-order valence-corrected chi connectivity index (χ2v) is 5.19. The zero-order valence-electron chi connectivity index (χ0n) is 11.4. The minimum Gasteiger partial charge on any atom is -0.353 e. The van der Waals surface area contributed by atoms with Crippen LogP contribution in [0.5, 0.6) is 0 Å². The van der Waals surface area contributed by atoms with Gasteiger partial charge >= 0.3 is 0 Å². The van der Waals surface area contributed by atoms with Crippen molar-refractivity contribution in [2.24, 2.45) is 0 Å². The number of aromatic nitrogens is 1.